The average Bonchev–Trinajstić information content (AvgIpc) is 2.41. The van der Waals surface area contributed by atoms with Gasteiger partial charge in [-0.05, 0) is 56.7 Å². The van der Waals surface area contributed by atoms with Crippen molar-refractivity contribution in [2.45, 2.75) is 51.5 Å². The minimum absolute atomic E-state index is 0.662. The summed E-state index contributed by atoms with van der Waals surface area (Å²) in [5.74, 6) is 1.77. The largest absolute Gasteiger partial charge is 0.317 e. The standard InChI is InChI=1S/C16H26N2/c1-13-6-5-7-14(12-13)16(17-2)10-9-15-8-3-4-11-18-15/h3-4,8,11,13-14,16-17H,5-7,9-10,12H2,1-2H3. The van der Waals surface area contributed by atoms with Gasteiger partial charge in [-0.3, -0.25) is 4.98 Å². The van der Waals surface area contributed by atoms with Crippen molar-refractivity contribution in [2.24, 2.45) is 11.8 Å². The summed E-state index contributed by atoms with van der Waals surface area (Å²) < 4.78 is 0. The Hall–Kier alpha value is -0.890. The van der Waals surface area contributed by atoms with Gasteiger partial charge in [-0.15, -0.1) is 0 Å². The quantitative estimate of drug-likeness (QED) is 0.861. The number of aryl methyl sites for hydroxylation is 1. The van der Waals surface area contributed by atoms with E-state index in [0.717, 1.165) is 18.3 Å². The first-order chi connectivity index (χ1) is 8.79. The van der Waals surface area contributed by atoms with Crippen LogP contribution in [0.15, 0.2) is 24.4 Å². The molecule has 0 bridgehead atoms. The third-order valence-corrected chi connectivity index (χ3v) is 4.35. The predicted octanol–water partition coefficient (Wildman–Crippen LogP) is 3.43. The lowest BCUT2D eigenvalue weighted by Crippen LogP contribution is -2.36. The first-order valence-electron chi connectivity index (χ1n) is 7.36. The van der Waals surface area contributed by atoms with Crippen molar-refractivity contribution in [3.05, 3.63) is 30.1 Å². The molecule has 3 atom stereocenters. The molecule has 1 N–H and O–H groups in total. The van der Waals surface area contributed by atoms with E-state index in [0.29, 0.717) is 6.04 Å². The molecule has 2 heteroatoms. The van der Waals surface area contributed by atoms with Crippen LogP contribution in [0.4, 0.5) is 0 Å². The molecule has 1 saturated carbocycles. The molecule has 1 heterocycles. The van der Waals surface area contributed by atoms with Crippen molar-refractivity contribution in [1.29, 1.82) is 0 Å². The summed E-state index contributed by atoms with van der Waals surface area (Å²) in [6.45, 7) is 2.40. The fraction of sp³-hybridized carbons (Fsp3) is 0.688. The smallest absolute Gasteiger partial charge is 0.0404 e. The summed E-state index contributed by atoms with van der Waals surface area (Å²) in [5.41, 5.74) is 1.22. The Morgan fingerprint density at radius 2 is 2.28 bits per heavy atom. The minimum atomic E-state index is 0.662. The third kappa shape index (κ3) is 3.81. The zero-order valence-electron chi connectivity index (χ0n) is 11.7. The Labute approximate surface area is 111 Å². The molecule has 0 aromatic carbocycles. The summed E-state index contributed by atoms with van der Waals surface area (Å²) >= 11 is 0. The van der Waals surface area contributed by atoms with Gasteiger partial charge < -0.3 is 5.32 Å². The van der Waals surface area contributed by atoms with Crippen LogP contribution < -0.4 is 5.32 Å². The van der Waals surface area contributed by atoms with Crippen LogP contribution in [0.2, 0.25) is 0 Å². The van der Waals surface area contributed by atoms with Gasteiger partial charge in [0.05, 0.1) is 0 Å². The van der Waals surface area contributed by atoms with Crippen molar-refractivity contribution < 1.29 is 0 Å². The number of aromatic nitrogens is 1. The van der Waals surface area contributed by atoms with E-state index >= 15 is 0 Å². The highest BCUT2D eigenvalue weighted by molar-refractivity contribution is 5.04. The molecule has 1 fully saturated rings. The normalized spacial score (nSPS) is 25.9. The van der Waals surface area contributed by atoms with Gasteiger partial charge in [0.15, 0.2) is 0 Å². The van der Waals surface area contributed by atoms with Gasteiger partial charge in [0.25, 0.3) is 0 Å². The lowest BCUT2D eigenvalue weighted by molar-refractivity contribution is 0.221. The van der Waals surface area contributed by atoms with E-state index < -0.39 is 0 Å². The first-order valence-corrected chi connectivity index (χ1v) is 7.36. The maximum Gasteiger partial charge on any atom is 0.0404 e. The molecule has 0 saturated heterocycles. The molecule has 2 rings (SSSR count). The van der Waals surface area contributed by atoms with Crippen molar-refractivity contribution in [3.63, 3.8) is 0 Å². The number of rotatable bonds is 5. The van der Waals surface area contributed by atoms with Crippen LogP contribution in [0, 0.1) is 11.8 Å². The van der Waals surface area contributed by atoms with Crippen molar-refractivity contribution in [2.75, 3.05) is 7.05 Å². The SMILES string of the molecule is CNC(CCc1ccccn1)C1CCCC(C)C1. The second-order valence-electron chi connectivity index (χ2n) is 5.79. The summed E-state index contributed by atoms with van der Waals surface area (Å²) in [4.78, 5) is 4.42. The molecule has 0 radical (unpaired) electrons. The van der Waals surface area contributed by atoms with E-state index in [-0.39, 0.29) is 0 Å². The second kappa shape index (κ2) is 6.89. The summed E-state index contributed by atoms with van der Waals surface area (Å²) in [6, 6.07) is 6.87. The Morgan fingerprint density at radius 1 is 1.39 bits per heavy atom. The summed E-state index contributed by atoms with van der Waals surface area (Å²) in [6.07, 6.45) is 9.83. The summed E-state index contributed by atoms with van der Waals surface area (Å²) in [5, 5.41) is 3.53. The van der Waals surface area contributed by atoms with Crippen LogP contribution in [0.1, 0.15) is 44.7 Å². The second-order valence-corrected chi connectivity index (χ2v) is 5.79. The highest BCUT2D eigenvalue weighted by Crippen LogP contribution is 2.31. The molecule has 2 nitrogen and oxygen atoms in total. The van der Waals surface area contributed by atoms with Gasteiger partial charge in [0, 0.05) is 17.9 Å². The highest BCUT2D eigenvalue weighted by Gasteiger charge is 2.25. The number of hydrogen-bond donors (Lipinski definition) is 1. The van der Waals surface area contributed by atoms with Crippen LogP contribution in [-0.2, 0) is 6.42 Å². The van der Waals surface area contributed by atoms with E-state index in [4.69, 9.17) is 0 Å². The Balaban J connectivity index is 1.85. The van der Waals surface area contributed by atoms with Crippen LogP contribution in [0.25, 0.3) is 0 Å². The molecule has 18 heavy (non-hydrogen) atoms. The number of nitrogens with zero attached hydrogens (tertiary/aromatic N) is 1. The van der Waals surface area contributed by atoms with E-state index in [9.17, 15) is 0 Å². The lowest BCUT2D eigenvalue weighted by Gasteiger charge is -2.33. The fourth-order valence-electron chi connectivity index (χ4n) is 3.31. The van der Waals surface area contributed by atoms with Crippen LogP contribution >= 0.6 is 0 Å². The average molecular weight is 246 g/mol. The van der Waals surface area contributed by atoms with Crippen LogP contribution in [0.3, 0.4) is 0 Å². The van der Waals surface area contributed by atoms with Crippen LogP contribution in [-0.4, -0.2) is 18.1 Å². The van der Waals surface area contributed by atoms with Crippen molar-refractivity contribution in [3.8, 4) is 0 Å². The maximum absolute atomic E-state index is 4.42. The molecule has 100 valence electrons. The van der Waals surface area contributed by atoms with E-state index in [1.165, 1.54) is 37.8 Å². The fourth-order valence-corrected chi connectivity index (χ4v) is 3.31. The third-order valence-electron chi connectivity index (χ3n) is 4.35. The molecule has 1 aliphatic rings. The number of pyridine rings is 1. The van der Waals surface area contributed by atoms with E-state index in [2.05, 4.69) is 36.4 Å². The Kier molecular flexibility index (Phi) is 5.18. The Morgan fingerprint density at radius 3 is 2.94 bits per heavy atom. The maximum atomic E-state index is 4.42. The predicted molar refractivity (Wildman–Crippen MR) is 76.5 cm³/mol. The van der Waals surface area contributed by atoms with Gasteiger partial charge in [0.2, 0.25) is 0 Å². The number of hydrogen-bond acceptors (Lipinski definition) is 2. The highest BCUT2D eigenvalue weighted by atomic mass is 14.9. The molecular formula is C16H26N2. The van der Waals surface area contributed by atoms with Crippen molar-refractivity contribution >= 4 is 0 Å². The molecule has 1 aliphatic carbocycles. The molecule has 0 amide bonds. The molecule has 3 unspecified atom stereocenters. The van der Waals surface area contributed by atoms with E-state index in [1.54, 1.807) is 0 Å². The lowest BCUT2D eigenvalue weighted by atomic mass is 9.77. The topological polar surface area (TPSA) is 24.9 Å². The Bertz CT molecular complexity index is 336. The van der Waals surface area contributed by atoms with Gasteiger partial charge in [-0.2, -0.15) is 0 Å². The van der Waals surface area contributed by atoms with Gasteiger partial charge in [-0.1, -0.05) is 25.8 Å². The zero-order chi connectivity index (χ0) is 12.8. The van der Waals surface area contributed by atoms with Gasteiger partial charge in [0.1, 0.15) is 0 Å². The molecular weight excluding hydrogens is 220 g/mol. The number of nitrogens with one attached hydrogen (secondary N) is 1. The minimum Gasteiger partial charge on any atom is -0.317 e. The molecule has 0 aliphatic heterocycles. The first kappa shape index (κ1) is 13.5. The molecule has 0 spiro atoms. The summed E-state index contributed by atoms with van der Waals surface area (Å²) in [7, 11) is 2.11. The van der Waals surface area contributed by atoms with E-state index in [1.807, 2.05) is 12.3 Å². The van der Waals surface area contributed by atoms with Crippen molar-refractivity contribution in [1.82, 2.24) is 10.3 Å². The zero-order valence-corrected chi connectivity index (χ0v) is 11.7. The van der Waals surface area contributed by atoms with Gasteiger partial charge in [-0.25, -0.2) is 0 Å². The molecule has 1 aromatic rings. The monoisotopic (exact) mass is 246 g/mol. The molecule has 1 aromatic heterocycles. The van der Waals surface area contributed by atoms with Crippen LogP contribution in [0.5, 0.6) is 0 Å². The van der Waals surface area contributed by atoms with Gasteiger partial charge >= 0.3 is 0 Å².